The van der Waals surface area contributed by atoms with E-state index in [1.54, 1.807) is 41.1 Å². The van der Waals surface area contributed by atoms with Gasteiger partial charge in [-0.05, 0) is 17.7 Å². The number of nitro benzene ring substituents is 1. The van der Waals surface area contributed by atoms with Crippen molar-refractivity contribution < 1.29 is 9.72 Å². The van der Waals surface area contributed by atoms with Crippen LogP contribution in [0.3, 0.4) is 0 Å². The van der Waals surface area contributed by atoms with E-state index in [2.05, 4.69) is 10.3 Å². The number of hydrogen-bond acceptors (Lipinski definition) is 4. The van der Waals surface area contributed by atoms with E-state index in [1.165, 1.54) is 12.1 Å². The number of halogens is 1. The third-order valence-corrected chi connectivity index (χ3v) is 3.67. The van der Waals surface area contributed by atoms with E-state index >= 15 is 0 Å². The van der Waals surface area contributed by atoms with Gasteiger partial charge in [-0.3, -0.25) is 14.9 Å². The van der Waals surface area contributed by atoms with Gasteiger partial charge in [-0.2, -0.15) is 0 Å². The smallest absolute Gasteiger partial charge is 0.269 e. The van der Waals surface area contributed by atoms with Gasteiger partial charge in [0, 0.05) is 24.5 Å². The molecule has 2 heterocycles. The molecule has 0 bridgehead atoms. The molecule has 0 saturated heterocycles. The summed E-state index contributed by atoms with van der Waals surface area (Å²) in [5, 5.41) is 14.0. The van der Waals surface area contributed by atoms with Gasteiger partial charge in [0.1, 0.15) is 5.65 Å². The minimum absolute atomic E-state index is 0.00233. The monoisotopic (exact) mass is 344 g/mol. The fraction of sp³-hybridized carbons (Fsp3) is 0.125. The first-order chi connectivity index (χ1) is 11.5. The number of carbonyl (C=O) groups is 1. The summed E-state index contributed by atoms with van der Waals surface area (Å²) < 4.78 is 1.79. The molecule has 8 heteroatoms. The molecule has 0 aliphatic rings. The van der Waals surface area contributed by atoms with Crippen LogP contribution in [0.2, 0.25) is 5.02 Å². The van der Waals surface area contributed by atoms with E-state index < -0.39 is 4.92 Å². The van der Waals surface area contributed by atoms with Gasteiger partial charge in [-0.15, -0.1) is 0 Å². The zero-order valence-electron chi connectivity index (χ0n) is 12.5. The van der Waals surface area contributed by atoms with Crippen molar-refractivity contribution in [2.75, 3.05) is 0 Å². The predicted molar refractivity (Wildman–Crippen MR) is 88.8 cm³/mol. The molecule has 1 amide bonds. The van der Waals surface area contributed by atoms with E-state index in [0.717, 1.165) is 5.65 Å². The molecule has 0 radical (unpaired) electrons. The Balaban J connectivity index is 1.59. The fourth-order valence-corrected chi connectivity index (χ4v) is 2.44. The largest absolute Gasteiger partial charge is 0.350 e. The number of rotatable bonds is 5. The lowest BCUT2D eigenvalue weighted by Gasteiger charge is -2.03. The highest BCUT2D eigenvalue weighted by molar-refractivity contribution is 6.30. The number of nitrogens with zero attached hydrogens (tertiary/aromatic N) is 3. The Morgan fingerprint density at radius 3 is 2.67 bits per heavy atom. The first-order valence-electron chi connectivity index (χ1n) is 7.14. The normalized spacial score (nSPS) is 10.7. The zero-order valence-corrected chi connectivity index (χ0v) is 13.2. The van der Waals surface area contributed by atoms with Crippen molar-refractivity contribution in [2.24, 2.45) is 0 Å². The second-order valence-corrected chi connectivity index (χ2v) is 5.66. The van der Waals surface area contributed by atoms with Crippen molar-refractivity contribution in [3.05, 3.63) is 75.2 Å². The topological polar surface area (TPSA) is 89.5 Å². The number of amides is 1. The van der Waals surface area contributed by atoms with Gasteiger partial charge >= 0.3 is 0 Å². The molecular formula is C16H13ClN4O3. The highest BCUT2D eigenvalue weighted by Crippen LogP contribution is 2.13. The lowest BCUT2D eigenvalue weighted by molar-refractivity contribution is -0.384. The molecule has 1 aromatic carbocycles. The van der Waals surface area contributed by atoms with E-state index in [4.69, 9.17) is 11.6 Å². The predicted octanol–water partition coefficient (Wildman–Crippen LogP) is 2.75. The quantitative estimate of drug-likeness (QED) is 0.569. The van der Waals surface area contributed by atoms with Gasteiger partial charge in [0.25, 0.3) is 5.69 Å². The molecular weight excluding hydrogens is 332 g/mol. The van der Waals surface area contributed by atoms with Crippen LogP contribution in [0.1, 0.15) is 11.3 Å². The number of imidazole rings is 1. The molecule has 1 N–H and O–H groups in total. The van der Waals surface area contributed by atoms with E-state index in [1.807, 2.05) is 0 Å². The number of aromatic nitrogens is 2. The minimum atomic E-state index is -0.473. The van der Waals surface area contributed by atoms with Crippen LogP contribution in [0, 0.1) is 10.1 Å². The SMILES string of the molecule is O=C(Cc1ccc([N+](=O)[O-])cc1)NCc1cn2cc(Cl)ccc2n1. The summed E-state index contributed by atoms with van der Waals surface area (Å²) in [5.74, 6) is -0.182. The number of pyridine rings is 1. The molecule has 0 saturated carbocycles. The summed E-state index contributed by atoms with van der Waals surface area (Å²) in [5.41, 5.74) is 2.18. The molecule has 0 spiro atoms. The highest BCUT2D eigenvalue weighted by atomic mass is 35.5. The summed E-state index contributed by atoms with van der Waals surface area (Å²) >= 11 is 5.92. The number of carbonyl (C=O) groups excluding carboxylic acids is 1. The molecule has 0 fully saturated rings. The molecule has 7 nitrogen and oxygen atoms in total. The van der Waals surface area contributed by atoms with Crippen LogP contribution in [0.4, 0.5) is 5.69 Å². The molecule has 0 atom stereocenters. The first kappa shape index (κ1) is 15.9. The maximum absolute atomic E-state index is 12.0. The summed E-state index contributed by atoms with van der Waals surface area (Å²) in [6, 6.07) is 9.46. The first-order valence-corrected chi connectivity index (χ1v) is 7.52. The molecule has 0 aliphatic heterocycles. The highest BCUT2D eigenvalue weighted by Gasteiger charge is 2.08. The number of hydrogen-bond donors (Lipinski definition) is 1. The van der Waals surface area contributed by atoms with Crippen molar-refractivity contribution in [3.8, 4) is 0 Å². The summed E-state index contributed by atoms with van der Waals surface area (Å²) in [6.45, 7) is 0.297. The van der Waals surface area contributed by atoms with Crippen molar-refractivity contribution in [3.63, 3.8) is 0 Å². The van der Waals surface area contributed by atoms with Crippen molar-refractivity contribution in [1.82, 2.24) is 14.7 Å². The van der Waals surface area contributed by atoms with Crippen LogP contribution in [0.5, 0.6) is 0 Å². The van der Waals surface area contributed by atoms with Gasteiger partial charge < -0.3 is 9.72 Å². The number of benzene rings is 1. The van der Waals surface area contributed by atoms with E-state index in [0.29, 0.717) is 22.8 Å². The Labute approximate surface area is 142 Å². The van der Waals surface area contributed by atoms with Gasteiger partial charge in [0.15, 0.2) is 0 Å². The van der Waals surface area contributed by atoms with Crippen molar-refractivity contribution in [2.45, 2.75) is 13.0 Å². The number of fused-ring (bicyclic) bond motifs is 1. The Hall–Kier alpha value is -2.93. The van der Waals surface area contributed by atoms with Gasteiger partial charge in [0.05, 0.1) is 28.6 Å². The van der Waals surface area contributed by atoms with Crippen LogP contribution in [0.25, 0.3) is 5.65 Å². The Bertz CT molecular complexity index is 905. The molecule has 122 valence electrons. The minimum Gasteiger partial charge on any atom is -0.350 e. The molecule has 2 aromatic heterocycles. The van der Waals surface area contributed by atoms with E-state index in [9.17, 15) is 14.9 Å². The lowest BCUT2D eigenvalue weighted by Crippen LogP contribution is -2.24. The Kier molecular flexibility index (Phi) is 4.43. The summed E-state index contributed by atoms with van der Waals surface area (Å²) in [7, 11) is 0. The number of nitro groups is 1. The van der Waals surface area contributed by atoms with Crippen molar-refractivity contribution >= 4 is 28.8 Å². The average Bonchev–Trinajstić information content (AvgIpc) is 2.95. The second kappa shape index (κ2) is 6.67. The van der Waals surface area contributed by atoms with Gasteiger partial charge in [0.2, 0.25) is 5.91 Å². The molecule has 0 aliphatic carbocycles. The molecule has 3 aromatic rings. The third-order valence-electron chi connectivity index (χ3n) is 3.44. The average molecular weight is 345 g/mol. The maximum atomic E-state index is 12.0. The van der Waals surface area contributed by atoms with Crippen LogP contribution in [-0.2, 0) is 17.8 Å². The molecule has 3 rings (SSSR count). The maximum Gasteiger partial charge on any atom is 0.269 e. The van der Waals surface area contributed by atoms with Crippen molar-refractivity contribution in [1.29, 1.82) is 0 Å². The number of nitrogens with one attached hydrogen (secondary N) is 1. The van der Waals surface area contributed by atoms with Gasteiger partial charge in [-0.25, -0.2) is 4.98 Å². The summed E-state index contributed by atoms with van der Waals surface area (Å²) in [6.07, 6.45) is 3.69. The van der Waals surface area contributed by atoms with Crippen LogP contribution < -0.4 is 5.32 Å². The third kappa shape index (κ3) is 3.69. The van der Waals surface area contributed by atoms with E-state index in [-0.39, 0.29) is 18.0 Å². The lowest BCUT2D eigenvalue weighted by atomic mass is 10.1. The summed E-state index contributed by atoms with van der Waals surface area (Å²) in [4.78, 5) is 26.5. The van der Waals surface area contributed by atoms with Gasteiger partial charge in [-0.1, -0.05) is 23.7 Å². The molecule has 24 heavy (non-hydrogen) atoms. The zero-order chi connectivity index (χ0) is 17.1. The standard InChI is InChI=1S/C16H13ClN4O3/c17-12-3-6-15-19-13(10-20(15)9-12)8-18-16(22)7-11-1-4-14(5-2-11)21(23)24/h1-6,9-10H,7-8H2,(H,18,22). The van der Waals surface area contributed by atoms with Crippen LogP contribution in [-0.4, -0.2) is 20.2 Å². The Morgan fingerprint density at radius 1 is 1.21 bits per heavy atom. The van der Waals surface area contributed by atoms with Crippen LogP contribution >= 0.6 is 11.6 Å². The molecule has 0 unspecified atom stereocenters. The van der Waals surface area contributed by atoms with Crippen LogP contribution in [0.15, 0.2) is 48.8 Å². The fourth-order valence-electron chi connectivity index (χ4n) is 2.27. The second-order valence-electron chi connectivity index (χ2n) is 5.22. The number of non-ortho nitro benzene ring substituents is 1. The Morgan fingerprint density at radius 2 is 1.96 bits per heavy atom.